The number of hydrogen-bond donors (Lipinski definition) is 0. The Morgan fingerprint density at radius 3 is 2.42 bits per heavy atom. The summed E-state index contributed by atoms with van der Waals surface area (Å²) in [7, 11) is 0. The van der Waals surface area contributed by atoms with E-state index in [0.717, 1.165) is 25.0 Å². The SMILES string of the molecule is CC(C)=C1CCCC(=CC(=O)SCCc2ccccc2I)CCC1. The zero-order valence-corrected chi connectivity index (χ0v) is 17.7. The van der Waals surface area contributed by atoms with Crippen molar-refractivity contribution in [2.45, 2.75) is 58.8 Å². The van der Waals surface area contributed by atoms with E-state index in [1.165, 1.54) is 57.7 Å². The summed E-state index contributed by atoms with van der Waals surface area (Å²) in [6.07, 6.45) is 9.83. The van der Waals surface area contributed by atoms with Crippen LogP contribution < -0.4 is 0 Å². The molecule has 0 atom stereocenters. The number of carbonyl (C=O) groups is 1. The first-order valence-corrected chi connectivity index (χ1v) is 10.9. The van der Waals surface area contributed by atoms with Gasteiger partial charge in [-0.2, -0.15) is 0 Å². The smallest absolute Gasteiger partial charge is 0.212 e. The summed E-state index contributed by atoms with van der Waals surface area (Å²) in [5, 5.41) is 0.235. The third-order valence-electron chi connectivity index (χ3n) is 4.56. The minimum atomic E-state index is 0.235. The zero-order chi connectivity index (χ0) is 17.4. The molecule has 1 aromatic carbocycles. The third-order valence-corrected chi connectivity index (χ3v) is 6.42. The molecule has 1 aliphatic carbocycles. The minimum Gasteiger partial charge on any atom is -0.282 e. The second-order valence-electron chi connectivity index (χ2n) is 6.62. The van der Waals surface area contributed by atoms with E-state index in [4.69, 9.17) is 0 Å². The average Bonchev–Trinajstić information content (AvgIpc) is 2.51. The fourth-order valence-corrected chi connectivity index (χ4v) is 4.55. The molecule has 0 spiro atoms. The summed E-state index contributed by atoms with van der Waals surface area (Å²) in [4.78, 5) is 12.2. The highest BCUT2D eigenvalue weighted by Crippen LogP contribution is 2.27. The molecule has 3 heteroatoms. The van der Waals surface area contributed by atoms with Crippen LogP contribution in [0.3, 0.4) is 0 Å². The number of hydrogen-bond acceptors (Lipinski definition) is 2. The summed E-state index contributed by atoms with van der Waals surface area (Å²) in [6.45, 7) is 4.45. The van der Waals surface area contributed by atoms with E-state index in [0.29, 0.717) is 0 Å². The summed E-state index contributed by atoms with van der Waals surface area (Å²) >= 11 is 3.83. The van der Waals surface area contributed by atoms with Crippen LogP contribution in [0.4, 0.5) is 0 Å². The van der Waals surface area contributed by atoms with E-state index in [-0.39, 0.29) is 5.12 Å². The van der Waals surface area contributed by atoms with E-state index in [2.05, 4.69) is 60.7 Å². The van der Waals surface area contributed by atoms with Gasteiger partial charge in [0.25, 0.3) is 0 Å². The van der Waals surface area contributed by atoms with E-state index in [9.17, 15) is 4.79 Å². The van der Waals surface area contributed by atoms with Gasteiger partial charge in [-0.25, -0.2) is 0 Å². The molecule has 0 saturated heterocycles. The van der Waals surface area contributed by atoms with Crippen LogP contribution in [0.15, 0.2) is 47.1 Å². The molecule has 1 aromatic rings. The van der Waals surface area contributed by atoms with E-state index >= 15 is 0 Å². The van der Waals surface area contributed by atoms with Gasteiger partial charge in [0.2, 0.25) is 5.12 Å². The van der Waals surface area contributed by atoms with Crippen LogP contribution in [-0.2, 0) is 11.2 Å². The zero-order valence-electron chi connectivity index (χ0n) is 14.7. The molecule has 0 aliphatic heterocycles. The van der Waals surface area contributed by atoms with Crippen molar-refractivity contribution in [3.05, 3.63) is 56.2 Å². The molecule has 0 unspecified atom stereocenters. The molecule has 1 fully saturated rings. The molecule has 2 rings (SSSR count). The summed E-state index contributed by atoms with van der Waals surface area (Å²) in [5.74, 6) is 0.866. The fraction of sp³-hybridized carbons (Fsp3) is 0.476. The number of rotatable bonds is 4. The molecule has 1 saturated carbocycles. The lowest BCUT2D eigenvalue weighted by atomic mass is 9.91. The molecule has 130 valence electrons. The summed E-state index contributed by atoms with van der Waals surface area (Å²) in [5.41, 5.74) is 5.82. The van der Waals surface area contributed by atoms with Gasteiger partial charge in [0.05, 0.1) is 0 Å². The van der Waals surface area contributed by atoms with Gasteiger partial charge in [-0.05, 0) is 99.1 Å². The first kappa shape index (κ1) is 19.8. The number of aryl methyl sites for hydroxylation is 1. The van der Waals surface area contributed by atoms with Crippen LogP contribution in [0.1, 0.15) is 57.9 Å². The van der Waals surface area contributed by atoms with Gasteiger partial charge in [-0.1, -0.05) is 46.7 Å². The number of carbonyl (C=O) groups excluding carboxylic acids is 1. The fourth-order valence-electron chi connectivity index (χ4n) is 3.12. The largest absolute Gasteiger partial charge is 0.282 e. The van der Waals surface area contributed by atoms with Crippen molar-refractivity contribution in [1.29, 1.82) is 0 Å². The number of thioether (sulfide) groups is 1. The molecular formula is C21H27IOS. The van der Waals surface area contributed by atoms with Crippen LogP contribution in [0.5, 0.6) is 0 Å². The van der Waals surface area contributed by atoms with Crippen molar-refractivity contribution in [3.8, 4) is 0 Å². The average molecular weight is 454 g/mol. The predicted molar refractivity (Wildman–Crippen MR) is 114 cm³/mol. The van der Waals surface area contributed by atoms with E-state index in [1.54, 1.807) is 5.57 Å². The Morgan fingerprint density at radius 2 is 1.79 bits per heavy atom. The van der Waals surface area contributed by atoms with Gasteiger partial charge in [0.1, 0.15) is 0 Å². The van der Waals surface area contributed by atoms with Gasteiger partial charge >= 0.3 is 0 Å². The molecule has 0 radical (unpaired) electrons. The Labute approximate surface area is 164 Å². The maximum Gasteiger partial charge on any atom is 0.212 e. The van der Waals surface area contributed by atoms with E-state index in [1.807, 2.05) is 6.08 Å². The molecule has 24 heavy (non-hydrogen) atoms. The van der Waals surface area contributed by atoms with Crippen molar-refractivity contribution in [2.75, 3.05) is 5.75 Å². The van der Waals surface area contributed by atoms with Crippen molar-refractivity contribution >= 4 is 39.5 Å². The Morgan fingerprint density at radius 1 is 1.12 bits per heavy atom. The molecule has 0 N–H and O–H groups in total. The standard InChI is InChI=1S/C21H27IOS/c1-16(2)18-10-5-7-17(8-6-11-18)15-21(23)24-14-13-19-9-3-4-12-20(19)22/h3-4,9,12,15H,5-8,10-11,13-14H2,1-2H3. The Hall–Kier alpha value is -0.550. The Balaban J connectivity index is 1.80. The van der Waals surface area contributed by atoms with Gasteiger partial charge < -0.3 is 0 Å². The first-order chi connectivity index (χ1) is 11.6. The molecule has 1 nitrogen and oxygen atoms in total. The lowest BCUT2D eigenvalue weighted by Gasteiger charge is -2.16. The van der Waals surface area contributed by atoms with Crippen LogP contribution in [-0.4, -0.2) is 10.9 Å². The normalized spacial score (nSPS) is 15.6. The van der Waals surface area contributed by atoms with E-state index < -0.39 is 0 Å². The Bertz CT molecular complexity index is 612. The van der Waals surface area contributed by atoms with Crippen molar-refractivity contribution in [3.63, 3.8) is 0 Å². The van der Waals surface area contributed by atoms with Gasteiger partial charge in [-0.15, -0.1) is 0 Å². The number of allylic oxidation sites excluding steroid dienone is 3. The molecule has 0 bridgehead atoms. The van der Waals surface area contributed by atoms with Crippen LogP contribution in [0, 0.1) is 3.57 Å². The second kappa shape index (κ2) is 10.4. The molecule has 0 amide bonds. The minimum absolute atomic E-state index is 0.235. The molecule has 0 aromatic heterocycles. The monoisotopic (exact) mass is 454 g/mol. The number of halogens is 1. The highest BCUT2D eigenvalue weighted by atomic mass is 127. The summed E-state index contributed by atoms with van der Waals surface area (Å²) in [6, 6.07) is 8.41. The van der Waals surface area contributed by atoms with Gasteiger partial charge in [0, 0.05) is 9.32 Å². The lowest BCUT2D eigenvalue weighted by molar-refractivity contribution is -0.107. The summed E-state index contributed by atoms with van der Waals surface area (Å²) < 4.78 is 1.29. The highest BCUT2D eigenvalue weighted by molar-refractivity contribution is 14.1. The predicted octanol–water partition coefficient (Wildman–Crippen LogP) is 6.71. The quantitative estimate of drug-likeness (QED) is 0.286. The van der Waals surface area contributed by atoms with Crippen molar-refractivity contribution in [2.24, 2.45) is 0 Å². The number of benzene rings is 1. The molecule has 0 heterocycles. The van der Waals surface area contributed by atoms with Gasteiger partial charge in [0.15, 0.2) is 0 Å². The van der Waals surface area contributed by atoms with Crippen molar-refractivity contribution < 1.29 is 4.79 Å². The third kappa shape index (κ3) is 6.75. The van der Waals surface area contributed by atoms with Crippen LogP contribution >= 0.6 is 34.4 Å². The molecular weight excluding hydrogens is 427 g/mol. The highest BCUT2D eigenvalue weighted by Gasteiger charge is 2.10. The lowest BCUT2D eigenvalue weighted by Crippen LogP contribution is -2.00. The first-order valence-electron chi connectivity index (χ1n) is 8.81. The maximum atomic E-state index is 12.2. The topological polar surface area (TPSA) is 17.1 Å². The van der Waals surface area contributed by atoms with Gasteiger partial charge in [-0.3, -0.25) is 4.79 Å². The molecule has 1 aliphatic rings. The van der Waals surface area contributed by atoms with Crippen molar-refractivity contribution in [1.82, 2.24) is 0 Å². The second-order valence-corrected chi connectivity index (χ2v) is 8.88. The van der Waals surface area contributed by atoms with Crippen LogP contribution in [0.2, 0.25) is 0 Å². The Kier molecular flexibility index (Phi) is 8.60. The van der Waals surface area contributed by atoms with Crippen LogP contribution in [0.25, 0.3) is 0 Å². The maximum absolute atomic E-state index is 12.2.